The molecule has 3 aromatic heterocycles. The summed E-state index contributed by atoms with van der Waals surface area (Å²) in [5.41, 5.74) is -0.536. The number of piperidine rings is 1. The lowest BCUT2D eigenvalue weighted by atomic mass is 9.91. The minimum atomic E-state index is -2.75. The molecule has 194 valence electrons. The lowest BCUT2D eigenvalue weighted by Gasteiger charge is -2.38. The molecule has 1 amide bonds. The van der Waals surface area contributed by atoms with Crippen LogP contribution in [-0.2, 0) is 11.3 Å². The molecule has 1 aromatic carbocycles. The Hall–Kier alpha value is -3.64. The third-order valence-corrected chi connectivity index (χ3v) is 6.93. The van der Waals surface area contributed by atoms with Crippen LogP contribution < -0.4 is 5.56 Å². The molecule has 10 nitrogen and oxygen atoms in total. The van der Waals surface area contributed by atoms with Crippen molar-refractivity contribution < 1.29 is 18.7 Å². The second-order valence-electron chi connectivity index (χ2n) is 9.14. The number of benzene rings is 1. The van der Waals surface area contributed by atoms with Gasteiger partial charge in [0, 0.05) is 30.5 Å². The molecule has 1 aliphatic rings. The molecule has 1 atom stereocenters. The lowest BCUT2D eigenvalue weighted by molar-refractivity contribution is -0.138. The van der Waals surface area contributed by atoms with E-state index < -0.39 is 30.4 Å². The summed E-state index contributed by atoms with van der Waals surface area (Å²) < 4.78 is 31.0. The number of carbonyl (C=O) groups is 1. The maximum Gasteiger partial charge on any atom is 0.264 e. The Morgan fingerprint density at radius 3 is 2.54 bits per heavy atom. The smallest absolute Gasteiger partial charge is 0.264 e. The Balaban J connectivity index is 1.26. The van der Waals surface area contributed by atoms with Gasteiger partial charge < -0.3 is 10.0 Å². The average molecular weight is 532 g/mol. The summed E-state index contributed by atoms with van der Waals surface area (Å²) in [5, 5.41) is 20.1. The second-order valence-corrected chi connectivity index (χ2v) is 9.58. The van der Waals surface area contributed by atoms with E-state index in [0.29, 0.717) is 21.7 Å². The highest BCUT2D eigenvalue weighted by molar-refractivity contribution is 6.30. The summed E-state index contributed by atoms with van der Waals surface area (Å²) in [7, 11) is 0. The molecule has 0 unspecified atom stereocenters. The van der Waals surface area contributed by atoms with Gasteiger partial charge in [0.05, 0.1) is 30.5 Å². The fraction of sp³-hybridized carbons (Fsp3) is 0.375. The van der Waals surface area contributed by atoms with Crippen LogP contribution >= 0.6 is 11.6 Å². The number of likely N-dealkylation sites (tertiary alicyclic amines) is 1. The number of aliphatic hydroxyl groups is 1. The molecule has 5 rings (SSSR count). The van der Waals surface area contributed by atoms with Crippen LogP contribution in [0, 0.1) is 0 Å². The van der Waals surface area contributed by atoms with Crippen LogP contribution in [0.3, 0.4) is 0 Å². The molecular formula is C24H24ClF2N7O3. The third-order valence-electron chi connectivity index (χ3n) is 6.68. The van der Waals surface area contributed by atoms with E-state index in [4.69, 9.17) is 11.6 Å². The van der Waals surface area contributed by atoms with Crippen LogP contribution in [0.1, 0.15) is 25.3 Å². The Morgan fingerprint density at radius 1 is 1.16 bits per heavy atom. The minimum absolute atomic E-state index is 0.0180. The first-order valence-electron chi connectivity index (χ1n) is 11.7. The highest BCUT2D eigenvalue weighted by Gasteiger charge is 2.36. The first-order valence-corrected chi connectivity index (χ1v) is 12.1. The molecule has 1 aliphatic heterocycles. The topological polar surface area (TPSA) is 111 Å². The van der Waals surface area contributed by atoms with Crippen LogP contribution in [0.5, 0.6) is 0 Å². The molecule has 1 fully saturated rings. The second kappa shape index (κ2) is 10.0. The Bertz CT molecular complexity index is 1450. The van der Waals surface area contributed by atoms with Gasteiger partial charge in [0.15, 0.2) is 5.65 Å². The van der Waals surface area contributed by atoms with Crippen molar-refractivity contribution in [1.82, 2.24) is 34.0 Å². The van der Waals surface area contributed by atoms with Crippen molar-refractivity contribution in [3.8, 4) is 5.69 Å². The first-order chi connectivity index (χ1) is 17.7. The normalized spacial score (nSPS) is 16.4. The minimum Gasteiger partial charge on any atom is -0.388 e. The van der Waals surface area contributed by atoms with Gasteiger partial charge in [0.1, 0.15) is 17.8 Å². The fourth-order valence-corrected chi connectivity index (χ4v) is 4.69. The van der Waals surface area contributed by atoms with Crippen LogP contribution in [0.25, 0.3) is 16.7 Å². The van der Waals surface area contributed by atoms with E-state index in [2.05, 4.69) is 15.2 Å². The summed E-state index contributed by atoms with van der Waals surface area (Å²) in [5.74, 6) is -0.433. The summed E-state index contributed by atoms with van der Waals surface area (Å²) in [6, 6.07) is 7.12. The van der Waals surface area contributed by atoms with Gasteiger partial charge in [-0.15, -0.1) is 0 Å². The van der Waals surface area contributed by atoms with E-state index in [9.17, 15) is 23.5 Å². The monoisotopic (exact) mass is 531 g/mol. The number of amides is 1. The van der Waals surface area contributed by atoms with E-state index in [-0.39, 0.29) is 38.0 Å². The lowest BCUT2D eigenvalue weighted by Crippen LogP contribution is -2.50. The van der Waals surface area contributed by atoms with E-state index in [1.807, 2.05) is 0 Å². The molecule has 0 saturated carbocycles. The molecule has 0 aliphatic carbocycles. The molecule has 13 heteroatoms. The summed E-state index contributed by atoms with van der Waals surface area (Å²) in [6.07, 6.45) is 2.83. The van der Waals surface area contributed by atoms with Crippen molar-refractivity contribution >= 4 is 28.5 Å². The zero-order valence-corrected chi connectivity index (χ0v) is 20.4. The van der Waals surface area contributed by atoms with Gasteiger partial charge in [-0.25, -0.2) is 18.4 Å². The molecule has 1 saturated heterocycles. The quantitative estimate of drug-likeness (QED) is 0.392. The zero-order valence-electron chi connectivity index (χ0n) is 19.6. The molecule has 4 aromatic rings. The number of alkyl halides is 2. The number of hydrogen-bond donors (Lipinski definition) is 1. The van der Waals surface area contributed by atoms with Crippen molar-refractivity contribution in [2.24, 2.45) is 0 Å². The van der Waals surface area contributed by atoms with E-state index in [0.717, 1.165) is 4.68 Å². The zero-order chi connectivity index (χ0) is 26.2. The predicted octanol–water partition coefficient (Wildman–Crippen LogP) is 2.68. The summed E-state index contributed by atoms with van der Waals surface area (Å²) >= 11 is 5.95. The summed E-state index contributed by atoms with van der Waals surface area (Å²) in [6.45, 7) is 0.350. The van der Waals surface area contributed by atoms with Gasteiger partial charge in [-0.05, 0) is 43.2 Å². The molecule has 0 bridgehead atoms. The van der Waals surface area contributed by atoms with Crippen molar-refractivity contribution in [2.45, 2.75) is 43.9 Å². The van der Waals surface area contributed by atoms with Crippen LogP contribution in [0.15, 0.2) is 60.0 Å². The Kier molecular flexibility index (Phi) is 6.78. The summed E-state index contributed by atoms with van der Waals surface area (Å²) in [4.78, 5) is 31.7. The molecule has 1 N–H and O–H groups in total. The number of carbonyl (C=O) groups excluding carboxylic acids is 1. The predicted molar refractivity (Wildman–Crippen MR) is 131 cm³/mol. The van der Waals surface area contributed by atoms with Gasteiger partial charge >= 0.3 is 0 Å². The first kappa shape index (κ1) is 25.0. The molecule has 0 spiro atoms. The number of rotatable bonds is 7. The van der Waals surface area contributed by atoms with E-state index in [1.54, 1.807) is 24.3 Å². The number of fused-ring (bicyclic) bond motifs is 1. The van der Waals surface area contributed by atoms with Crippen molar-refractivity contribution in [3.63, 3.8) is 0 Å². The van der Waals surface area contributed by atoms with Gasteiger partial charge in [0.2, 0.25) is 5.91 Å². The highest BCUT2D eigenvalue weighted by Crippen LogP contribution is 2.27. The molecule has 0 radical (unpaired) electrons. The average Bonchev–Trinajstić information content (AvgIpc) is 3.56. The van der Waals surface area contributed by atoms with Gasteiger partial charge in [-0.3, -0.25) is 18.8 Å². The Morgan fingerprint density at radius 2 is 1.89 bits per heavy atom. The Labute approximate surface area is 214 Å². The van der Waals surface area contributed by atoms with Crippen LogP contribution in [0.4, 0.5) is 8.78 Å². The third kappa shape index (κ3) is 5.12. The van der Waals surface area contributed by atoms with Crippen molar-refractivity contribution in [1.29, 1.82) is 0 Å². The highest BCUT2D eigenvalue weighted by atomic mass is 35.5. The van der Waals surface area contributed by atoms with Crippen LogP contribution in [-0.4, -0.2) is 70.1 Å². The van der Waals surface area contributed by atoms with E-state index in [1.165, 1.54) is 45.1 Å². The van der Waals surface area contributed by atoms with Crippen molar-refractivity contribution in [2.75, 3.05) is 13.1 Å². The molecular weight excluding hydrogens is 508 g/mol. The number of nitrogens with zero attached hydrogens (tertiary/aromatic N) is 7. The molecule has 37 heavy (non-hydrogen) atoms. The SMILES string of the molecule is O=C(C[C@@H](C(F)F)n1cccn1)N1CCC(O)(Cn2cnc3c(cnn3-c3ccc(Cl)cc3)c2=O)CC1. The van der Waals surface area contributed by atoms with Gasteiger partial charge in [0.25, 0.3) is 12.0 Å². The van der Waals surface area contributed by atoms with E-state index >= 15 is 0 Å². The van der Waals surface area contributed by atoms with Gasteiger partial charge in [-0.1, -0.05) is 11.6 Å². The van der Waals surface area contributed by atoms with Crippen LogP contribution in [0.2, 0.25) is 5.02 Å². The standard InChI is InChI=1S/C24H24ClF2N7O3/c25-16-2-4-17(5-3-16)34-22-18(13-30-34)23(36)32(15-28-22)14-24(37)6-10-31(11-7-24)20(35)12-19(21(26)27)33-9-1-8-29-33/h1-5,8-9,13,15,19,21,37H,6-7,10-12,14H2/t19-/m0/s1. The largest absolute Gasteiger partial charge is 0.388 e. The maximum absolute atomic E-state index is 13.5. The number of aromatic nitrogens is 6. The fourth-order valence-electron chi connectivity index (χ4n) is 4.56. The number of hydrogen-bond acceptors (Lipinski definition) is 6. The van der Waals surface area contributed by atoms with Gasteiger partial charge in [-0.2, -0.15) is 10.2 Å². The maximum atomic E-state index is 13.5. The number of halogens is 3. The van der Waals surface area contributed by atoms with Crippen molar-refractivity contribution in [3.05, 3.63) is 70.6 Å². The molecule has 4 heterocycles.